The van der Waals surface area contributed by atoms with Gasteiger partial charge in [-0.15, -0.1) is 0 Å². The molecule has 1 N–H and O–H groups in total. The summed E-state index contributed by atoms with van der Waals surface area (Å²) in [6, 6.07) is 13.3. The number of nitrogens with one attached hydrogen (secondary N) is 1. The largest absolute Gasteiger partial charge is 0.494 e. The van der Waals surface area contributed by atoms with Crippen LogP contribution in [0.4, 0.5) is 0 Å². The molecule has 0 saturated heterocycles. The van der Waals surface area contributed by atoms with Crippen molar-refractivity contribution >= 4 is 12.1 Å². The summed E-state index contributed by atoms with van der Waals surface area (Å²) in [6.45, 7) is 6.46. The highest BCUT2D eigenvalue weighted by molar-refractivity contribution is 5.83. The lowest BCUT2D eigenvalue weighted by molar-refractivity contribution is -0.123. The minimum atomic E-state index is -0.309. The SMILES string of the molecule is CCOc1ccc(/C=N/NC(=O)COc2cc(C)cc(C)c2)cc1. The zero-order valence-corrected chi connectivity index (χ0v) is 14.2. The number of amides is 1. The second-order valence-electron chi connectivity index (χ2n) is 5.41. The summed E-state index contributed by atoms with van der Waals surface area (Å²) in [5, 5.41) is 3.92. The highest BCUT2D eigenvalue weighted by Gasteiger charge is 2.02. The van der Waals surface area contributed by atoms with E-state index in [4.69, 9.17) is 9.47 Å². The van der Waals surface area contributed by atoms with Crippen molar-refractivity contribution in [2.75, 3.05) is 13.2 Å². The fourth-order valence-corrected chi connectivity index (χ4v) is 2.19. The predicted molar refractivity (Wildman–Crippen MR) is 94.8 cm³/mol. The zero-order chi connectivity index (χ0) is 17.4. The number of ether oxygens (including phenoxy) is 2. The van der Waals surface area contributed by atoms with Gasteiger partial charge in [0.2, 0.25) is 0 Å². The van der Waals surface area contributed by atoms with Crippen LogP contribution in [0.15, 0.2) is 47.6 Å². The maximum absolute atomic E-state index is 11.7. The van der Waals surface area contributed by atoms with E-state index in [0.29, 0.717) is 12.4 Å². The van der Waals surface area contributed by atoms with Gasteiger partial charge < -0.3 is 9.47 Å². The first-order valence-corrected chi connectivity index (χ1v) is 7.82. The van der Waals surface area contributed by atoms with Crippen LogP contribution in [0.3, 0.4) is 0 Å². The second-order valence-corrected chi connectivity index (χ2v) is 5.41. The number of hydrogen-bond donors (Lipinski definition) is 1. The third-order valence-corrected chi connectivity index (χ3v) is 3.16. The monoisotopic (exact) mass is 326 g/mol. The summed E-state index contributed by atoms with van der Waals surface area (Å²) in [5.41, 5.74) is 5.51. The van der Waals surface area contributed by atoms with Gasteiger partial charge in [-0.25, -0.2) is 5.43 Å². The first kappa shape index (κ1) is 17.5. The molecule has 0 aliphatic carbocycles. The number of rotatable bonds is 7. The molecule has 0 unspecified atom stereocenters. The van der Waals surface area contributed by atoms with Crippen LogP contribution in [0.25, 0.3) is 0 Å². The minimum Gasteiger partial charge on any atom is -0.494 e. The first-order valence-electron chi connectivity index (χ1n) is 7.82. The molecular formula is C19H22N2O3. The van der Waals surface area contributed by atoms with E-state index in [2.05, 4.69) is 10.5 Å². The molecule has 0 saturated carbocycles. The molecule has 5 heteroatoms. The van der Waals surface area contributed by atoms with Gasteiger partial charge >= 0.3 is 0 Å². The molecule has 24 heavy (non-hydrogen) atoms. The van der Waals surface area contributed by atoms with Crippen molar-refractivity contribution in [3.05, 3.63) is 59.2 Å². The Morgan fingerprint density at radius 3 is 2.33 bits per heavy atom. The molecule has 0 heterocycles. The highest BCUT2D eigenvalue weighted by Crippen LogP contribution is 2.16. The van der Waals surface area contributed by atoms with Crippen LogP contribution in [-0.2, 0) is 4.79 Å². The summed E-state index contributed by atoms with van der Waals surface area (Å²) >= 11 is 0. The van der Waals surface area contributed by atoms with Crippen molar-refractivity contribution in [3.63, 3.8) is 0 Å². The Hall–Kier alpha value is -2.82. The molecule has 0 aromatic heterocycles. The Bertz CT molecular complexity index is 689. The van der Waals surface area contributed by atoms with Gasteiger partial charge in [0.15, 0.2) is 6.61 Å². The number of carbonyl (C=O) groups excluding carboxylic acids is 1. The summed E-state index contributed by atoms with van der Waals surface area (Å²) in [6.07, 6.45) is 1.57. The molecular weight excluding hydrogens is 304 g/mol. The van der Waals surface area contributed by atoms with E-state index in [1.165, 1.54) is 0 Å². The fourth-order valence-electron chi connectivity index (χ4n) is 2.19. The van der Waals surface area contributed by atoms with E-state index in [-0.39, 0.29) is 12.5 Å². The van der Waals surface area contributed by atoms with Crippen molar-refractivity contribution in [3.8, 4) is 11.5 Å². The van der Waals surface area contributed by atoms with Crippen LogP contribution < -0.4 is 14.9 Å². The van der Waals surface area contributed by atoms with Crippen LogP contribution in [0.1, 0.15) is 23.6 Å². The van der Waals surface area contributed by atoms with E-state index >= 15 is 0 Å². The van der Waals surface area contributed by atoms with Crippen LogP contribution in [0.5, 0.6) is 11.5 Å². The lowest BCUT2D eigenvalue weighted by atomic mass is 10.1. The molecule has 0 aliphatic heterocycles. The van der Waals surface area contributed by atoms with Gasteiger partial charge in [0, 0.05) is 0 Å². The molecule has 5 nitrogen and oxygen atoms in total. The van der Waals surface area contributed by atoms with Crippen LogP contribution >= 0.6 is 0 Å². The molecule has 2 aromatic rings. The topological polar surface area (TPSA) is 59.9 Å². The first-order chi connectivity index (χ1) is 11.6. The molecule has 126 valence electrons. The minimum absolute atomic E-state index is 0.0799. The molecule has 0 aliphatic rings. The number of carbonyl (C=O) groups is 1. The summed E-state index contributed by atoms with van der Waals surface area (Å²) < 4.78 is 10.8. The van der Waals surface area contributed by atoms with Gasteiger partial charge in [-0.1, -0.05) is 6.07 Å². The molecule has 0 bridgehead atoms. The third-order valence-electron chi connectivity index (χ3n) is 3.16. The number of benzene rings is 2. The van der Waals surface area contributed by atoms with Crippen molar-refractivity contribution < 1.29 is 14.3 Å². The fraction of sp³-hybridized carbons (Fsp3) is 0.263. The zero-order valence-electron chi connectivity index (χ0n) is 14.2. The molecule has 2 rings (SSSR count). The van der Waals surface area contributed by atoms with Crippen molar-refractivity contribution in [1.29, 1.82) is 0 Å². The molecule has 0 spiro atoms. The third kappa shape index (κ3) is 5.76. The average Bonchev–Trinajstić information content (AvgIpc) is 2.54. The Morgan fingerprint density at radius 1 is 1.04 bits per heavy atom. The predicted octanol–water partition coefficient (Wildman–Crippen LogP) is 3.23. The van der Waals surface area contributed by atoms with E-state index in [1.807, 2.05) is 63.2 Å². The van der Waals surface area contributed by atoms with Crippen LogP contribution in [0.2, 0.25) is 0 Å². The normalized spacial score (nSPS) is 10.6. The standard InChI is InChI=1S/C19H22N2O3/c1-4-23-17-7-5-16(6-8-17)12-20-21-19(22)13-24-18-10-14(2)9-15(3)11-18/h5-12H,4,13H2,1-3H3,(H,21,22)/b20-12+. The summed E-state index contributed by atoms with van der Waals surface area (Å²) in [7, 11) is 0. The van der Waals surface area contributed by atoms with Gasteiger partial charge in [0.05, 0.1) is 12.8 Å². The van der Waals surface area contributed by atoms with E-state index in [1.54, 1.807) is 6.21 Å². The lowest BCUT2D eigenvalue weighted by Crippen LogP contribution is -2.24. The number of hydrogen-bond acceptors (Lipinski definition) is 4. The van der Waals surface area contributed by atoms with Gasteiger partial charge in [-0.05, 0) is 73.9 Å². The van der Waals surface area contributed by atoms with Gasteiger partial charge in [-0.3, -0.25) is 4.79 Å². The quantitative estimate of drug-likeness (QED) is 0.628. The van der Waals surface area contributed by atoms with Crippen molar-refractivity contribution in [2.24, 2.45) is 5.10 Å². The smallest absolute Gasteiger partial charge is 0.277 e. The summed E-state index contributed by atoms with van der Waals surface area (Å²) in [4.78, 5) is 11.7. The van der Waals surface area contributed by atoms with Crippen molar-refractivity contribution in [1.82, 2.24) is 5.43 Å². The number of hydrazone groups is 1. The molecule has 1 amide bonds. The van der Waals surface area contributed by atoms with Gasteiger partial charge in [0.1, 0.15) is 11.5 Å². The highest BCUT2D eigenvalue weighted by atomic mass is 16.5. The lowest BCUT2D eigenvalue weighted by Gasteiger charge is -2.07. The van der Waals surface area contributed by atoms with Gasteiger partial charge in [0.25, 0.3) is 5.91 Å². The molecule has 0 atom stereocenters. The average molecular weight is 326 g/mol. The number of nitrogens with zero attached hydrogens (tertiary/aromatic N) is 1. The Morgan fingerprint density at radius 2 is 1.71 bits per heavy atom. The van der Waals surface area contributed by atoms with Crippen LogP contribution in [0, 0.1) is 13.8 Å². The number of aryl methyl sites for hydroxylation is 2. The van der Waals surface area contributed by atoms with Crippen molar-refractivity contribution in [2.45, 2.75) is 20.8 Å². The Kier molecular flexibility index (Phi) is 6.37. The van der Waals surface area contributed by atoms with E-state index in [0.717, 1.165) is 22.4 Å². The Balaban J connectivity index is 1.79. The second kappa shape index (κ2) is 8.72. The maximum atomic E-state index is 11.7. The Labute approximate surface area is 142 Å². The molecule has 0 fully saturated rings. The molecule has 0 radical (unpaired) electrons. The van der Waals surface area contributed by atoms with E-state index < -0.39 is 0 Å². The molecule has 2 aromatic carbocycles. The van der Waals surface area contributed by atoms with E-state index in [9.17, 15) is 4.79 Å². The van der Waals surface area contributed by atoms with Crippen LogP contribution in [-0.4, -0.2) is 25.3 Å². The maximum Gasteiger partial charge on any atom is 0.277 e. The van der Waals surface area contributed by atoms with Gasteiger partial charge in [-0.2, -0.15) is 5.10 Å². The summed E-state index contributed by atoms with van der Waals surface area (Å²) in [5.74, 6) is 1.18.